The smallest absolute Gasteiger partial charge is 0.0438 e. The Kier molecular flexibility index (Phi) is 7.26. The van der Waals surface area contributed by atoms with Crippen LogP contribution in [0.1, 0.15) is 44.6 Å². The van der Waals surface area contributed by atoms with E-state index in [4.69, 9.17) is 11.6 Å². The van der Waals surface area contributed by atoms with Crippen molar-refractivity contribution >= 4 is 23.4 Å². The second-order valence-electron chi connectivity index (χ2n) is 5.64. The molecule has 1 N–H and O–H groups in total. The third kappa shape index (κ3) is 5.31. The summed E-state index contributed by atoms with van der Waals surface area (Å²) in [5.74, 6) is 1.20. The molecule has 1 unspecified atom stereocenters. The van der Waals surface area contributed by atoms with Crippen LogP contribution in [-0.4, -0.2) is 23.6 Å². The number of hydrogen-bond donors (Lipinski definition) is 1. The van der Waals surface area contributed by atoms with Crippen molar-refractivity contribution in [3.8, 4) is 0 Å². The first-order valence-corrected chi connectivity index (χ1v) is 9.30. The number of nitrogens with one attached hydrogen (secondary N) is 1. The standard InChI is InChI=1S/C17H26ClNS/c1-2-19-15(12-14-8-6-7-11-17(14)18)13-20-16-9-4-3-5-10-16/h6-8,11,15-16,19H,2-5,9-10,12-13H2,1H3. The quantitative estimate of drug-likeness (QED) is 0.766. The van der Waals surface area contributed by atoms with Gasteiger partial charge in [-0.1, -0.05) is 56.0 Å². The molecule has 1 aliphatic rings. The van der Waals surface area contributed by atoms with E-state index in [0.29, 0.717) is 6.04 Å². The van der Waals surface area contributed by atoms with Gasteiger partial charge in [0.1, 0.15) is 0 Å². The average molecular weight is 312 g/mol. The van der Waals surface area contributed by atoms with Crippen molar-refractivity contribution in [1.29, 1.82) is 0 Å². The third-order valence-electron chi connectivity index (χ3n) is 4.00. The van der Waals surface area contributed by atoms with Gasteiger partial charge in [-0.15, -0.1) is 0 Å². The summed E-state index contributed by atoms with van der Waals surface area (Å²) in [6, 6.07) is 8.77. The molecule has 0 aliphatic heterocycles. The van der Waals surface area contributed by atoms with Gasteiger partial charge in [-0.05, 0) is 37.4 Å². The van der Waals surface area contributed by atoms with Crippen LogP contribution < -0.4 is 5.32 Å². The topological polar surface area (TPSA) is 12.0 Å². The van der Waals surface area contributed by atoms with Crippen molar-refractivity contribution < 1.29 is 0 Å². The summed E-state index contributed by atoms with van der Waals surface area (Å²) in [5.41, 5.74) is 1.27. The highest BCUT2D eigenvalue weighted by Crippen LogP contribution is 2.29. The number of likely N-dealkylation sites (N-methyl/N-ethyl adjacent to an activating group) is 1. The van der Waals surface area contributed by atoms with Crippen LogP contribution in [0.4, 0.5) is 0 Å². The molecule has 20 heavy (non-hydrogen) atoms. The third-order valence-corrected chi connectivity index (χ3v) is 5.91. The molecular weight excluding hydrogens is 286 g/mol. The summed E-state index contributed by atoms with van der Waals surface area (Å²) in [6.45, 7) is 3.21. The van der Waals surface area contributed by atoms with Crippen LogP contribution in [0.2, 0.25) is 5.02 Å². The minimum absolute atomic E-state index is 0.534. The van der Waals surface area contributed by atoms with Gasteiger partial charge in [-0.25, -0.2) is 0 Å². The van der Waals surface area contributed by atoms with Gasteiger partial charge in [0.15, 0.2) is 0 Å². The van der Waals surface area contributed by atoms with Gasteiger partial charge < -0.3 is 5.32 Å². The van der Waals surface area contributed by atoms with Gasteiger partial charge in [0.05, 0.1) is 0 Å². The Bertz CT molecular complexity index is 390. The SMILES string of the molecule is CCNC(CSC1CCCCC1)Cc1ccccc1Cl. The van der Waals surface area contributed by atoms with Crippen LogP contribution >= 0.6 is 23.4 Å². The predicted molar refractivity (Wildman–Crippen MR) is 92.0 cm³/mol. The molecular formula is C17H26ClNS. The van der Waals surface area contributed by atoms with Crippen molar-refractivity contribution in [3.63, 3.8) is 0 Å². The Morgan fingerprint density at radius 2 is 2.00 bits per heavy atom. The lowest BCUT2D eigenvalue weighted by atomic mass is 10.0. The van der Waals surface area contributed by atoms with Gasteiger partial charge in [-0.3, -0.25) is 0 Å². The minimum Gasteiger partial charge on any atom is -0.313 e. The van der Waals surface area contributed by atoms with E-state index >= 15 is 0 Å². The molecule has 1 fully saturated rings. The number of benzene rings is 1. The zero-order valence-electron chi connectivity index (χ0n) is 12.4. The number of halogens is 1. The first-order chi connectivity index (χ1) is 9.79. The highest BCUT2D eigenvalue weighted by atomic mass is 35.5. The first-order valence-electron chi connectivity index (χ1n) is 7.88. The molecule has 0 bridgehead atoms. The molecule has 0 amide bonds. The largest absolute Gasteiger partial charge is 0.313 e. The maximum Gasteiger partial charge on any atom is 0.0438 e. The molecule has 1 nitrogen and oxygen atoms in total. The van der Waals surface area contributed by atoms with Crippen molar-refractivity contribution in [2.24, 2.45) is 0 Å². The molecule has 112 valence electrons. The Morgan fingerprint density at radius 3 is 2.70 bits per heavy atom. The molecule has 1 saturated carbocycles. The lowest BCUT2D eigenvalue weighted by Gasteiger charge is -2.24. The normalized spacial score (nSPS) is 18.1. The maximum atomic E-state index is 6.28. The van der Waals surface area contributed by atoms with E-state index in [9.17, 15) is 0 Å². The van der Waals surface area contributed by atoms with Crippen molar-refractivity contribution in [2.75, 3.05) is 12.3 Å². The van der Waals surface area contributed by atoms with Crippen LogP contribution in [0.3, 0.4) is 0 Å². The molecule has 1 aliphatic carbocycles. The lowest BCUT2D eigenvalue weighted by molar-refractivity contribution is 0.513. The maximum absolute atomic E-state index is 6.28. The molecule has 1 atom stereocenters. The molecule has 0 spiro atoms. The monoisotopic (exact) mass is 311 g/mol. The summed E-state index contributed by atoms with van der Waals surface area (Å²) >= 11 is 8.45. The number of thioether (sulfide) groups is 1. The van der Waals surface area contributed by atoms with E-state index in [0.717, 1.165) is 23.2 Å². The highest BCUT2D eigenvalue weighted by Gasteiger charge is 2.17. The molecule has 2 rings (SSSR count). The molecule has 0 aromatic heterocycles. The van der Waals surface area contributed by atoms with Crippen LogP contribution in [0.15, 0.2) is 24.3 Å². The summed E-state index contributed by atoms with van der Waals surface area (Å²) in [5, 5.41) is 5.40. The molecule has 1 aromatic carbocycles. The molecule has 0 radical (unpaired) electrons. The second kappa shape index (κ2) is 8.96. The number of rotatable bonds is 7. The van der Waals surface area contributed by atoms with Crippen LogP contribution in [-0.2, 0) is 6.42 Å². The number of hydrogen-bond acceptors (Lipinski definition) is 2. The fraction of sp³-hybridized carbons (Fsp3) is 0.647. The second-order valence-corrected chi connectivity index (χ2v) is 7.38. The van der Waals surface area contributed by atoms with E-state index in [1.807, 2.05) is 12.1 Å². The van der Waals surface area contributed by atoms with Crippen molar-refractivity contribution in [3.05, 3.63) is 34.9 Å². The summed E-state index contributed by atoms with van der Waals surface area (Å²) in [7, 11) is 0. The molecule has 3 heteroatoms. The van der Waals surface area contributed by atoms with Gasteiger partial charge in [0.2, 0.25) is 0 Å². The van der Waals surface area contributed by atoms with E-state index < -0.39 is 0 Å². The molecule has 1 aromatic rings. The van der Waals surface area contributed by atoms with Crippen molar-refractivity contribution in [1.82, 2.24) is 5.32 Å². The fourth-order valence-electron chi connectivity index (χ4n) is 2.89. The molecule has 0 saturated heterocycles. The average Bonchev–Trinajstić information content (AvgIpc) is 2.48. The van der Waals surface area contributed by atoms with Crippen molar-refractivity contribution in [2.45, 2.75) is 56.7 Å². The highest BCUT2D eigenvalue weighted by molar-refractivity contribution is 7.99. The summed E-state index contributed by atoms with van der Waals surface area (Å²) in [6.07, 6.45) is 8.15. The van der Waals surface area contributed by atoms with E-state index in [1.165, 1.54) is 43.4 Å². The van der Waals surface area contributed by atoms with Gasteiger partial charge >= 0.3 is 0 Å². The lowest BCUT2D eigenvalue weighted by Crippen LogP contribution is -2.34. The first kappa shape index (κ1) is 16.2. The van der Waals surface area contributed by atoms with Gasteiger partial charge in [0.25, 0.3) is 0 Å². The van der Waals surface area contributed by atoms with E-state index in [-0.39, 0.29) is 0 Å². The Balaban J connectivity index is 1.84. The van der Waals surface area contributed by atoms with Gasteiger partial charge in [-0.2, -0.15) is 11.8 Å². The Morgan fingerprint density at radius 1 is 1.25 bits per heavy atom. The zero-order chi connectivity index (χ0) is 14.2. The van der Waals surface area contributed by atoms with E-state index in [1.54, 1.807) is 0 Å². The van der Waals surface area contributed by atoms with Crippen LogP contribution in [0.25, 0.3) is 0 Å². The Hall–Kier alpha value is -0.180. The minimum atomic E-state index is 0.534. The zero-order valence-corrected chi connectivity index (χ0v) is 14.0. The molecule has 0 heterocycles. The fourth-order valence-corrected chi connectivity index (χ4v) is 4.51. The Labute approximate surface area is 132 Å². The summed E-state index contributed by atoms with van der Waals surface area (Å²) in [4.78, 5) is 0. The van der Waals surface area contributed by atoms with Crippen LogP contribution in [0.5, 0.6) is 0 Å². The van der Waals surface area contributed by atoms with E-state index in [2.05, 4.69) is 36.1 Å². The van der Waals surface area contributed by atoms with Gasteiger partial charge in [0, 0.05) is 22.1 Å². The predicted octanol–water partition coefficient (Wildman–Crippen LogP) is 4.93. The van der Waals surface area contributed by atoms with Crippen LogP contribution in [0, 0.1) is 0 Å². The summed E-state index contributed by atoms with van der Waals surface area (Å²) < 4.78 is 0.